The van der Waals surface area contributed by atoms with Crippen LogP contribution in [0, 0.1) is 5.92 Å². The highest BCUT2D eigenvalue weighted by atomic mass is 16.2. The van der Waals surface area contributed by atoms with Gasteiger partial charge in [-0.05, 0) is 47.2 Å². The lowest BCUT2D eigenvalue weighted by Gasteiger charge is -2.18. The first kappa shape index (κ1) is 24.6. The number of Topliss-reactive ketones (excluding diaryl/α,β-unsaturated/α-hetero) is 1. The molecule has 1 unspecified atom stereocenters. The van der Waals surface area contributed by atoms with E-state index in [1.54, 1.807) is 0 Å². The normalized spacial score (nSPS) is 12.1. The molecule has 1 atom stereocenters. The van der Waals surface area contributed by atoms with E-state index in [-0.39, 0.29) is 5.91 Å². The maximum absolute atomic E-state index is 12.7. The third kappa shape index (κ3) is 7.50. The van der Waals surface area contributed by atoms with Crippen LogP contribution < -0.4 is 11.1 Å². The summed E-state index contributed by atoms with van der Waals surface area (Å²) in [4.78, 5) is 36.7. The molecule has 0 bridgehead atoms. The molecule has 0 aliphatic carbocycles. The minimum atomic E-state index is -0.895. The first-order chi connectivity index (χ1) is 14.8. The number of hydrogen-bond acceptors (Lipinski definition) is 3. The van der Waals surface area contributed by atoms with Crippen LogP contribution in [0.1, 0.15) is 83.6 Å². The summed E-state index contributed by atoms with van der Waals surface area (Å²) in [6, 6.07) is 11.5. The molecule has 2 aromatic rings. The van der Waals surface area contributed by atoms with Crippen LogP contribution in [0.25, 0.3) is 10.8 Å². The molecular weight excluding hydrogens is 388 g/mol. The van der Waals surface area contributed by atoms with Crippen molar-refractivity contribution in [2.24, 2.45) is 11.7 Å². The van der Waals surface area contributed by atoms with Crippen molar-refractivity contribution in [2.45, 2.75) is 78.1 Å². The number of amides is 2. The van der Waals surface area contributed by atoms with Crippen molar-refractivity contribution in [1.82, 2.24) is 0 Å². The van der Waals surface area contributed by atoms with Gasteiger partial charge in [0, 0.05) is 12.1 Å². The fraction of sp³-hybridized carbons (Fsp3) is 0.500. The van der Waals surface area contributed by atoms with Gasteiger partial charge in [-0.15, -0.1) is 0 Å². The predicted molar refractivity (Wildman–Crippen MR) is 127 cm³/mol. The number of fused-ring (bicyclic) bond motifs is 1. The van der Waals surface area contributed by atoms with Crippen LogP contribution in [0.3, 0.4) is 0 Å². The smallest absolute Gasteiger partial charge is 0.285 e. The van der Waals surface area contributed by atoms with E-state index in [1.165, 1.54) is 6.42 Å². The van der Waals surface area contributed by atoms with Crippen LogP contribution in [-0.2, 0) is 14.4 Å². The molecule has 31 heavy (non-hydrogen) atoms. The van der Waals surface area contributed by atoms with Gasteiger partial charge >= 0.3 is 0 Å². The van der Waals surface area contributed by atoms with Crippen molar-refractivity contribution in [2.75, 3.05) is 5.32 Å². The molecule has 2 amide bonds. The molecule has 2 rings (SSSR count). The van der Waals surface area contributed by atoms with Crippen molar-refractivity contribution >= 4 is 34.1 Å². The summed E-state index contributed by atoms with van der Waals surface area (Å²) in [6.07, 6.45) is 7.23. The molecule has 0 heterocycles. The van der Waals surface area contributed by atoms with Crippen molar-refractivity contribution in [3.8, 4) is 0 Å². The number of rotatable bonds is 13. The molecule has 5 heteroatoms. The van der Waals surface area contributed by atoms with E-state index in [0.717, 1.165) is 48.4 Å². The Morgan fingerprint density at radius 3 is 2.39 bits per heavy atom. The Kier molecular flexibility index (Phi) is 9.70. The van der Waals surface area contributed by atoms with Crippen LogP contribution in [0.2, 0.25) is 0 Å². The first-order valence-electron chi connectivity index (χ1n) is 11.5. The fourth-order valence-electron chi connectivity index (χ4n) is 3.87. The number of carbonyl (C=O) groups is 3. The number of nitrogens with one attached hydrogen (secondary N) is 1. The molecule has 0 fully saturated rings. The average molecular weight is 425 g/mol. The summed E-state index contributed by atoms with van der Waals surface area (Å²) in [5.41, 5.74) is 6.88. The standard InChI is InChI=1S/C26H36N2O3/c1-4-5-6-7-8-11-22(25(30)26(27)31)21-12-9-10-19-14-15-20(17-23(19)21)28-24(29)16-13-18(2)3/h9-10,12,14-15,17-18,22H,4-8,11,13,16H2,1-3H3,(H2,27,31)(H,28,29). The summed E-state index contributed by atoms with van der Waals surface area (Å²) >= 11 is 0. The highest BCUT2D eigenvalue weighted by molar-refractivity contribution is 6.38. The van der Waals surface area contributed by atoms with Gasteiger partial charge in [0.25, 0.3) is 5.91 Å². The maximum atomic E-state index is 12.7. The number of primary amides is 1. The molecular formula is C26H36N2O3. The first-order valence-corrected chi connectivity index (χ1v) is 11.5. The summed E-state index contributed by atoms with van der Waals surface area (Å²) < 4.78 is 0. The third-order valence-electron chi connectivity index (χ3n) is 5.68. The summed E-state index contributed by atoms with van der Waals surface area (Å²) in [5, 5.41) is 4.79. The van der Waals surface area contributed by atoms with Gasteiger partial charge in [0.2, 0.25) is 11.7 Å². The van der Waals surface area contributed by atoms with Crippen molar-refractivity contribution < 1.29 is 14.4 Å². The van der Waals surface area contributed by atoms with Crippen molar-refractivity contribution in [3.05, 3.63) is 42.0 Å². The van der Waals surface area contributed by atoms with Crippen molar-refractivity contribution in [1.29, 1.82) is 0 Å². The van der Waals surface area contributed by atoms with E-state index in [0.29, 0.717) is 24.4 Å². The van der Waals surface area contributed by atoms with Gasteiger partial charge < -0.3 is 11.1 Å². The second-order valence-corrected chi connectivity index (χ2v) is 8.75. The van der Waals surface area contributed by atoms with Gasteiger partial charge in [-0.3, -0.25) is 14.4 Å². The molecule has 0 aromatic heterocycles. The molecule has 3 N–H and O–H groups in total. The zero-order chi connectivity index (χ0) is 22.8. The van der Waals surface area contributed by atoms with Gasteiger partial charge in [0.1, 0.15) is 0 Å². The Morgan fingerprint density at radius 1 is 0.968 bits per heavy atom. The molecule has 0 saturated heterocycles. The Bertz CT molecular complexity index is 905. The topological polar surface area (TPSA) is 89.3 Å². The second-order valence-electron chi connectivity index (χ2n) is 8.75. The van der Waals surface area contributed by atoms with Gasteiger partial charge in [-0.1, -0.05) is 77.1 Å². The number of benzene rings is 2. The third-order valence-corrected chi connectivity index (χ3v) is 5.68. The van der Waals surface area contributed by atoms with E-state index in [2.05, 4.69) is 26.1 Å². The molecule has 2 aromatic carbocycles. The quantitative estimate of drug-likeness (QED) is 0.319. The summed E-state index contributed by atoms with van der Waals surface area (Å²) in [6.45, 7) is 6.34. The Hall–Kier alpha value is -2.69. The SMILES string of the molecule is CCCCCCCC(C(=O)C(N)=O)c1cccc2ccc(NC(=O)CCC(C)C)cc12. The molecule has 0 aliphatic heterocycles. The summed E-state index contributed by atoms with van der Waals surface area (Å²) in [7, 11) is 0. The van der Waals surface area contributed by atoms with Gasteiger partial charge in [0.05, 0.1) is 5.92 Å². The van der Waals surface area contributed by atoms with E-state index in [4.69, 9.17) is 5.73 Å². The Labute approximate surface area is 185 Å². The molecule has 0 spiro atoms. The molecule has 0 saturated carbocycles. The highest BCUT2D eigenvalue weighted by Gasteiger charge is 2.26. The maximum Gasteiger partial charge on any atom is 0.285 e. The number of nitrogens with two attached hydrogens (primary N) is 1. The molecule has 168 valence electrons. The Morgan fingerprint density at radius 2 is 1.71 bits per heavy atom. The van der Waals surface area contributed by atoms with Gasteiger partial charge in [0.15, 0.2) is 0 Å². The lowest BCUT2D eigenvalue weighted by Crippen LogP contribution is -2.29. The Balaban J connectivity index is 2.29. The zero-order valence-corrected chi connectivity index (χ0v) is 19.1. The minimum absolute atomic E-state index is 0.0220. The average Bonchev–Trinajstić information content (AvgIpc) is 2.74. The number of ketones is 1. The van der Waals surface area contributed by atoms with E-state index < -0.39 is 17.6 Å². The van der Waals surface area contributed by atoms with Crippen LogP contribution in [0.4, 0.5) is 5.69 Å². The predicted octanol–water partition coefficient (Wildman–Crippen LogP) is 5.71. The fourth-order valence-corrected chi connectivity index (χ4v) is 3.87. The van der Waals surface area contributed by atoms with Crippen LogP contribution >= 0.6 is 0 Å². The minimum Gasteiger partial charge on any atom is -0.363 e. The monoisotopic (exact) mass is 424 g/mol. The van der Waals surface area contributed by atoms with Gasteiger partial charge in [-0.25, -0.2) is 0 Å². The number of anilines is 1. The molecule has 5 nitrogen and oxygen atoms in total. The van der Waals surface area contributed by atoms with E-state index in [9.17, 15) is 14.4 Å². The largest absolute Gasteiger partial charge is 0.363 e. The van der Waals surface area contributed by atoms with Crippen molar-refractivity contribution in [3.63, 3.8) is 0 Å². The molecule has 0 aliphatic rings. The number of hydrogen-bond donors (Lipinski definition) is 2. The number of unbranched alkanes of at least 4 members (excludes halogenated alkanes) is 4. The van der Waals surface area contributed by atoms with Gasteiger partial charge in [-0.2, -0.15) is 0 Å². The van der Waals surface area contributed by atoms with E-state index >= 15 is 0 Å². The summed E-state index contributed by atoms with van der Waals surface area (Å²) in [5.74, 6) is -1.56. The lowest BCUT2D eigenvalue weighted by atomic mass is 9.85. The van der Waals surface area contributed by atoms with Crippen LogP contribution in [-0.4, -0.2) is 17.6 Å². The molecule has 0 radical (unpaired) electrons. The lowest BCUT2D eigenvalue weighted by molar-refractivity contribution is -0.137. The van der Waals surface area contributed by atoms with Crippen LogP contribution in [0.15, 0.2) is 36.4 Å². The zero-order valence-electron chi connectivity index (χ0n) is 19.1. The highest BCUT2D eigenvalue weighted by Crippen LogP contribution is 2.32. The van der Waals surface area contributed by atoms with E-state index in [1.807, 2.05) is 36.4 Å². The van der Waals surface area contributed by atoms with Crippen LogP contribution in [0.5, 0.6) is 0 Å². The second kappa shape index (κ2) is 12.2. The number of carbonyl (C=O) groups excluding carboxylic acids is 3.